The Balaban J connectivity index is 1.60. The minimum absolute atomic E-state index is 0.0269. The lowest BCUT2D eigenvalue weighted by molar-refractivity contribution is -0.117. The Morgan fingerprint density at radius 3 is 2.78 bits per heavy atom. The Labute approximate surface area is 221 Å². The maximum Gasteiger partial charge on any atom is 0.296 e. The highest BCUT2D eigenvalue weighted by Crippen LogP contribution is 2.45. The number of carbonyl (C=O) groups is 2. The van der Waals surface area contributed by atoms with Crippen molar-refractivity contribution in [2.45, 2.75) is 26.3 Å². The molecule has 4 aromatic rings. The number of benzene rings is 2. The molecule has 1 aliphatic heterocycles. The Hall–Kier alpha value is -3.20. The van der Waals surface area contributed by atoms with Crippen molar-refractivity contribution >= 4 is 61.3 Å². The monoisotopic (exact) mass is 538 g/mol. The van der Waals surface area contributed by atoms with Crippen molar-refractivity contribution in [3.05, 3.63) is 86.8 Å². The van der Waals surface area contributed by atoms with Gasteiger partial charge in [-0.3, -0.25) is 14.5 Å². The molecule has 0 fully saturated rings. The molecule has 2 aromatic carbocycles. The predicted octanol–water partition coefficient (Wildman–Crippen LogP) is 7.22. The zero-order chi connectivity index (χ0) is 25.4. The fourth-order valence-electron chi connectivity index (χ4n) is 4.07. The number of anilines is 1. The van der Waals surface area contributed by atoms with Gasteiger partial charge in [0, 0.05) is 5.02 Å². The second-order valence-electron chi connectivity index (χ2n) is 8.86. The number of ketones is 1. The number of fused-ring (bicyclic) bond motifs is 1. The molecule has 1 unspecified atom stereocenters. The molecular weight excluding hydrogens is 516 g/mol. The summed E-state index contributed by atoms with van der Waals surface area (Å²) < 4.78 is 6.75. The van der Waals surface area contributed by atoms with Gasteiger partial charge in [-0.1, -0.05) is 55.0 Å². The van der Waals surface area contributed by atoms with Gasteiger partial charge < -0.3 is 9.84 Å². The van der Waals surface area contributed by atoms with Crippen molar-refractivity contribution in [1.82, 2.24) is 4.98 Å². The van der Waals surface area contributed by atoms with Gasteiger partial charge in [-0.25, -0.2) is 4.98 Å². The number of aromatic nitrogens is 1. The van der Waals surface area contributed by atoms with E-state index in [0.29, 0.717) is 44.4 Å². The maximum atomic E-state index is 13.5. The van der Waals surface area contributed by atoms with Gasteiger partial charge in [0.1, 0.15) is 5.75 Å². The molecule has 5 rings (SSSR count). The lowest BCUT2D eigenvalue weighted by Gasteiger charge is -2.24. The van der Waals surface area contributed by atoms with E-state index in [0.717, 1.165) is 11.1 Å². The molecule has 0 saturated heterocycles. The van der Waals surface area contributed by atoms with E-state index in [1.54, 1.807) is 35.7 Å². The van der Waals surface area contributed by atoms with Crippen LogP contribution in [0.1, 0.15) is 41.5 Å². The maximum absolute atomic E-state index is 13.5. The van der Waals surface area contributed by atoms with Crippen LogP contribution in [0.4, 0.5) is 5.13 Å². The predicted molar refractivity (Wildman–Crippen MR) is 145 cm³/mol. The van der Waals surface area contributed by atoms with E-state index in [1.165, 1.54) is 27.6 Å². The highest BCUT2D eigenvalue weighted by atomic mass is 35.5. The molecular formula is C27H23ClN2O4S2. The molecule has 0 bridgehead atoms. The van der Waals surface area contributed by atoms with Crippen molar-refractivity contribution in [2.75, 3.05) is 11.5 Å². The van der Waals surface area contributed by atoms with Gasteiger partial charge in [-0.2, -0.15) is 0 Å². The molecule has 0 aliphatic carbocycles. The molecule has 0 saturated carbocycles. The lowest BCUT2D eigenvalue weighted by Crippen LogP contribution is -2.30. The molecule has 0 radical (unpaired) electrons. The number of thiophene rings is 1. The average molecular weight is 539 g/mol. The largest absolute Gasteiger partial charge is 0.503 e. The first-order valence-corrected chi connectivity index (χ1v) is 13.5. The summed E-state index contributed by atoms with van der Waals surface area (Å²) in [4.78, 5) is 33.4. The first-order valence-electron chi connectivity index (χ1n) is 11.5. The number of carbonyl (C=O) groups excluding carboxylic acids is 2. The van der Waals surface area contributed by atoms with E-state index in [1.807, 2.05) is 24.3 Å². The number of hydrogen-bond acceptors (Lipinski definition) is 7. The molecule has 2 aromatic heterocycles. The van der Waals surface area contributed by atoms with Crippen molar-refractivity contribution in [1.29, 1.82) is 0 Å². The summed E-state index contributed by atoms with van der Waals surface area (Å²) in [6, 6.07) is 15.2. The SMILES string of the molecule is CC(C)CCOc1cccc(C2C(C(=O)c3cccs3)=C(O)C(=O)N2c2nc3ccc(Cl)cc3s2)c1. The van der Waals surface area contributed by atoms with E-state index in [4.69, 9.17) is 16.3 Å². The topological polar surface area (TPSA) is 79.7 Å². The molecule has 1 atom stereocenters. The van der Waals surface area contributed by atoms with Crippen molar-refractivity contribution in [3.63, 3.8) is 0 Å². The first-order chi connectivity index (χ1) is 17.3. The highest BCUT2D eigenvalue weighted by Gasteiger charge is 2.46. The fourth-order valence-corrected chi connectivity index (χ4v) is 6.01. The minimum atomic E-state index is -0.864. The van der Waals surface area contributed by atoms with Gasteiger partial charge in [0.25, 0.3) is 5.91 Å². The van der Waals surface area contributed by atoms with Gasteiger partial charge in [0.05, 0.1) is 33.3 Å². The molecule has 9 heteroatoms. The van der Waals surface area contributed by atoms with Crippen LogP contribution in [-0.2, 0) is 4.79 Å². The van der Waals surface area contributed by atoms with Crippen LogP contribution in [0.5, 0.6) is 5.75 Å². The molecule has 36 heavy (non-hydrogen) atoms. The van der Waals surface area contributed by atoms with Crippen molar-refractivity contribution in [2.24, 2.45) is 5.92 Å². The second-order valence-corrected chi connectivity index (χ2v) is 11.3. The Bertz CT molecular complexity index is 1480. The van der Waals surface area contributed by atoms with Crippen LogP contribution in [0.3, 0.4) is 0 Å². The van der Waals surface area contributed by atoms with Crippen LogP contribution in [0.25, 0.3) is 10.2 Å². The van der Waals surface area contributed by atoms with Crippen LogP contribution in [0, 0.1) is 5.92 Å². The van der Waals surface area contributed by atoms with Crippen LogP contribution < -0.4 is 9.64 Å². The number of Topliss-reactive ketones (excluding diaryl/α,β-unsaturated/α-hetero) is 1. The molecule has 0 spiro atoms. The second kappa shape index (κ2) is 10.0. The number of aliphatic hydroxyl groups is 1. The number of aliphatic hydroxyl groups excluding tert-OH is 1. The third kappa shape index (κ3) is 4.64. The molecule has 1 N–H and O–H groups in total. The number of hydrogen-bond donors (Lipinski definition) is 1. The molecule has 3 heterocycles. The number of halogens is 1. The van der Waals surface area contributed by atoms with Crippen LogP contribution in [0.15, 0.2) is 71.3 Å². The fraction of sp³-hybridized carbons (Fsp3) is 0.222. The number of thiazole rings is 1. The molecule has 6 nitrogen and oxygen atoms in total. The van der Waals surface area contributed by atoms with E-state index in [2.05, 4.69) is 18.8 Å². The number of amides is 1. The highest BCUT2D eigenvalue weighted by molar-refractivity contribution is 7.22. The van der Waals surface area contributed by atoms with Crippen LogP contribution in [-0.4, -0.2) is 28.4 Å². The number of nitrogens with zero attached hydrogens (tertiary/aromatic N) is 2. The normalized spacial score (nSPS) is 15.9. The quantitative estimate of drug-likeness (QED) is 0.239. The Kier molecular flexibility index (Phi) is 6.83. The standard InChI is InChI=1S/C27H23ClN2O4S2/c1-15(2)10-11-34-18-6-3-5-16(13-18)23-22(24(31)20-7-4-12-35-20)25(32)26(33)30(23)27-29-19-9-8-17(28)14-21(19)36-27/h3-9,12-15,23,32H,10-11H2,1-2H3. The molecule has 184 valence electrons. The Morgan fingerprint density at radius 1 is 1.19 bits per heavy atom. The van der Waals surface area contributed by atoms with Gasteiger partial charge in [-0.05, 0) is 59.7 Å². The third-order valence-corrected chi connectivity index (χ3v) is 8.00. The molecule has 1 aliphatic rings. The van der Waals surface area contributed by atoms with Gasteiger partial charge >= 0.3 is 0 Å². The summed E-state index contributed by atoms with van der Waals surface area (Å²) in [5.41, 5.74) is 1.35. The summed E-state index contributed by atoms with van der Waals surface area (Å²) >= 11 is 8.69. The summed E-state index contributed by atoms with van der Waals surface area (Å²) in [6.07, 6.45) is 0.898. The van der Waals surface area contributed by atoms with Gasteiger partial charge in [-0.15, -0.1) is 11.3 Å². The van der Waals surface area contributed by atoms with Crippen molar-refractivity contribution < 1.29 is 19.4 Å². The molecule has 1 amide bonds. The number of rotatable bonds is 8. The van der Waals surface area contributed by atoms with Gasteiger partial charge in [0.15, 0.2) is 10.9 Å². The van der Waals surface area contributed by atoms with Crippen LogP contribution >= 0.6 is 34.3 Å². The Morgan fingerprint density at radius 2 is 2.03 bits per heavy atom. The van der Waals surface area contributed by atoms with E-state index >= 15 is 0 Å². The average Bonchev–Trinajstić information content (AvgIpc) is 3.57. The lowest BCUT2D eigenvalue weighted by atomic mass is 9.95. The van der Waals surface area contributed by atoms with Crippen molar-refractivity contribution in [3.8, 4) is 5.75 Å². The van der Waals surface area contributed by atoms with E-state index < -0.39 is 23.5 Å². The smallest absolute Gasteiger partial charge is 0.296 e. The summed E-state index contributed by atoms with van der Waals surface area (Å²) in [5.74, 6) is -0.499. The minimum Gasteiger partial charge on any atom is -0.503 e. The van der Waals surface area contributed by atoms with Crippen LogP contribution in [0.2, 0.25) is 5.02 Å². The van der Waals surface area contributed by atoms with E-state index in [-0.39, 0.29) is 5.57 Å². The third-order valence-electron chi connectivity index (χ3n) is 5.88. The number of ether oxygens (including phenoxy) is 1. The zero-order valence-corrected chi connectivity index (χ0v) is 22.0. The summed E-state index contributed by atoms with van der Waals surface area (Å²) in [7, 11) is 0. The first kappa shape index (κ1) is 24.5. The summed E-state index contributed by atoms with van der Waals surface area (Å²) in [6.45, 7) is 4.81. The van der Waals surface area contributed by atoms with Gasteiger partial charge in [0.2, 0.25) is 5.78 Å². The summed E-state index contributed by atoms with van der Waals surface area (Å²) in [5, 5.41) is 13.7. The zero-order valence-electron chi connectivity index (χ0n) is 19.6. The van der Waals surface area contributed by atoms with E-state index in [9.17, 15) is 14.7 Å².